The Labute approximate surface area is 337 Å². The number of hydrogen-bond acceptors (Lipinski definition) is 7. The van der Waals surface area contributed by atoms with Crippen LogP contribution >= 0.6 is 15.9 Å². The van der Waals surface area contributed by atoms with Crippen LogP contribution in [0.2, 0.25) is 5.04 Å². The zero-order valence-corrected chi connectivity index (χ0v) is 35.6. The SMILES string of the molecule is CC(C)(C)[S+]([O-])N1Cc2cc(C(=O)NCc3ccc4c(c3)OCO4)nc(-c3cccc(Br)c3)c2[C@H]1CCO[Si](c1ccccc1)(c1ccccc1)C(C)(C)C. The quantitative estimate of drug-likeness (QED) is 0.105. The topological polar surface area (TPSA) is 96.0 Å². The fraction of sp³-hybridized carbons (Fsp3) is 0.318. The lowest BCUT2D eigenvalue weighted by atomic mass is 9.96. The maximum Gasteiger partial charge on any atom is 0.270 e. The number of carbonyl (C=O) groups excluding carboxylic acids is 1. The van der Waals surface area contributed by atoms with E-state index >= 15 is 0 Å². The minimum atomic E-state index is -2.83. The van der Waals surface area contributed by atoms with Gasteiger partial charge in [-0.15, -0.1) is 4.31 Å². The van der Waals surface area contributed by atoms with E-state index in [9.17, 15) is 9.35 Å². The van der Waals surface area contributed by atoms with Gasteiger partial charge in [0.2, 0.25) is 6.79 Å². The highest BCUT2D eigenvalue weighted by Gasteiger charge is 2.51. The smallest absolute Gasteiger partial charge is 0.270 e. The second-order valence-corrected chi connectivity index (χ2v) is 23.5. The van der Waals surface area contributed by atoms with Crippen molar-refractivity contribution in [2.75, 3.05) is 13.4 Å². The fourth-order valence-electron chi connectivity index (χ4n) is 7.73. The summed E-state index contributed by atoms with van der Waals surface area (Å²) in [6, 6.07) is 36.5. The standard InChI is InChI=1S/C44H48BrN3O5SSi/c1-43(2,3)54(50)48-28-32-26-36(42(49)46-27-30-20-21-38-39(24-30)52-29-51-38)47-41(31-14-13-15-33(45)25-31)40(32)37(48)22-23-53-55(44(4,5)6,34-16-9-7-10-17-34)35-18-11-8-12-19-35/h7-21,24-26,37H,22-23,27-29H2,1-6H3,(H,46,49)/t37-,54?/m1/s1. The van der Waals surface area contributed by atoms with Crippen molar-refractivity contribution < 1.29 is 23.2 Å². The molecule has 1 N–H and O–H groups in total. The highest BCUT2D eigenvalue weighted by atomic mass is 79.9. The first-order chi connectivity index (χ1) is 26.3. The van der Waals surface area contributed by atoms with Crippen LogP contribution in [0.4, 0.5) is 0 Å². The summed E-state index contributed by atoms with van der Waals surface area (Å²) < 4.78 is 35.3. The van der Waals surface area contributed by atoms with E-state index in [1.165, 1.54) is 10.4 Å². The molecule has 11 heteroatoms. The summed E-state index contributed by atoms with van der Waals surface area (Å²) in [4.78, 5) is 19.0. The number of nitrogens with zero attached hydrogens (tertiary/aromatic N) is 2. The molecule has 5 aromatic rings. The van der Waals surface area contributed by atoms with E-state index in [1.807, 2.05) is 81.4 Å². The molecule has 4 aromatic carbocycles. The highest BCUT2D eigenvalue weighted by Crippen LogP contribution is 2.46. The molecular formula is C44H48BrN3O5SSi. The molecule has 0 radical (unpaired) electrons. The van der Waals surface area contributed by atoms with Gasteiger partial charge in [0.25, 0.3) is 14.2 Å². The number of benzene rings is 4. The first kappa shape index (κ1) is 39.3. The number of ether oxygens (including phenoxy) is 2. The van der Waals surface area contributed by atoms with E-state index in [-0.39, 0.29) is 23.8 Å². The van der Waals surface area contributed by atoms with Gasteiger partial charge in [-0.1, -0.05) is 116 Å². The number of rotatable bonds is 11. The van der Waals surface area contributed by atoms with Crippen LogP contribution in [0, 0.1) is 0 Å². The van der Waals surface area contributed by atoms with E-state index in [2.05, 4.69) is 94.9 Å². The number of nitrogens with one attached hydrogen (secondary N) is 1. The third-order valence-electron chi connectivity index (χ3n) is 10.2. The Kier molecular flexibility index (Phi) is 11.3. The molecule has 7 rings (SSSR count). The Hall–Kier alpha value is -3.97. The molecule has 1 aromatic heterocycles. The minimum absolute atomic E-state index is 0.187. The molecule has 1 amide bonds. The Balaban J connectivity index is 1.27. The monoisotopic (exact) mass is 837 g/mol. The van der Waals surface area contributed by atoms with Crippen molar-refractivity contribution in [1.82, 2.24) is 14.6 Å². The number of hydrogen-bond donors (Lipinski definition) is 1. The first-order valence-electron chi connectivity index (χ1n) is 18.7. The van der Waals surface area contributed by atoms with Gasteiger partial charge in [0, 0.05) is 40.1 Å². The molecule has 0 spiro atoms. The van der Waals surface area contributed by atoms with Gasteiger partial charge in [-0.25, -0.2) is 4.98 Å². The predicted octanol–water partition coefficient (Wildman–Crippen LogP) is 8.46. The van der Waals surface area contributed by atoms with Crippen molar-refractivity contribution in [2.24, 2.45) is 0 Å². The molecule has 0 fully saturated rings. The Morgan fingerprint density at radius 1 is 0.909 bits per heavy atom. The van der Waals surface area contributed by atoms with Gasteiger partial charge < -0.3 is 23.8 Å². The van der Waals surface area contributed by atoms with Crippen molar-refractivity contribution in [3.8, 4) is 22.8 Å². The average molecular weight is 839 g/mol. The molecule has 2 aliphatic heterocycles. The van der Waals surface area contributed by atoms with Crippen molar-refractivity contribution in [1.29, 1.82) is 0 Å². The molecule has 2 aliphatic rings. The number of carbonyl (C=O) groups is 1. The molecule has 0 aliphatic carbocycles. The van der Waals surface area contributed by atoms with Crippen LogP contribution < -0.4 is 25.2 Å². The largest absolute Gasteiger partial charge is 0.597 e. The number of aromatic nitrogens is 1. The molecule has 2 atom stereocenters. The van der Waals surface area contributed by atoms with Crippen LogP contribution in [-0.2, 0) is 28.9 Å². The summed E-state index contributed by atoms with van der Waals surface area (Å²) in [6.45, 7) is 14.2. The molecule has 3 heterocycles. The van der Waals surface area contributed by atoms with Gasteiger partial charge in [0.1, 0.15) is 10.4 Å². The van der Waals surface area contributed by atoms with Gasteiger partial charge in [0.05, 0.1) is 18.3 Å². The minimum Gasteiger partial charge on any atom is -0.597 e. The number of fused-ring (bicyclic) bond motifs is 2. The van der Waals surface area contributed by atoms with Gasteiger partial charge in [0.15, 0.2) is 11.5 Å². The van der Waals surface area contributed by atoms with Crippen LogP contribution in [0.15, 0.2) is 114 Å². The third-order valence-corrected chi connectivity index (χ3v) is 17.6. The van der Waals surface area contributed by atoms with Gasteiger partial charge in [-0.2, -0.15) is 0 Å². The van der Waals surface area contributed by atoms with Crippen LogP contribution in [-0.4, -0.2) is 46.2 Å². The van der Waals surface area contributed by atoms with E-state index in [0.29, 0.717) is 49.0 Å². The highest BCUT2D eigenvalue weighted by molar-refractivity contribution is 9.10. The van der Waals surface area contributed by atoms with Crippen LogP contribution in [0.1, 0.15) is 81.2 Å². The van der Waals surface area contributed by atoms with Crippen molar-refractivity contribution in [2.45, 2.75) is 76.9 Å². The van der Waals surface area contributed by atoms with Gasteiger partial charge >= 0.3 is 0 Å². The predicted molar refractivity (Wildman–Crippen MR) is 225 cm³/mol. The second kappa shape index (κ2) is 15.9. The summed E-state index contributed by atoms with van der Waals surface area (Å²) >= 11 is 2.29. The van der Waals surface area contributed by atoms with Crippen LogP contribution in [0.25, 0.3) is 11.3 Å². The van der Waals surface area contributed by atoms with Crippen molar-refractivity contribution >= 4 is 51.9 Å². The molecular weight excluding hydrogens is 791 g/mol. The molecule has 0 saturated heterocycles. The fourth-order valence-corrected chi connectivity index (χ4v) is 14.1. The number of pyridine rings is 1. The molecule has 0 bridgehead atoms. The van der Waals surface area contributed by atoms with E-state index in [0.717, 1.165) is 26.7 Å². The molecule has 1 unspecified atom stereocenters. The summed E-state index contributed by atoms with van der Waals surface area (Å²) in [5.41, 5.74) is 4.69. The molecule has 8 nitrogen and oxygen atoms in total. The van der Waals surface area contributed by atoms with E-state index < -0.39 is 24.4 Å². The lowest BCUT2D eigenvalue weighted by molar-refractivity contribution is 0.0945. The van der Waals surface area contributed by atoms with Crippen molar-refractivity contribution in [3.63, 3.8) is 0 Å². The molecule has 0 saturated carbocycles. The lowest BCUT2D eigenvalue weighted by Gasteiger charge is -2.43. The first-order valence-corrected chi connectivity index (χ1v) is 22.5. The summed E-state index contributed by atoms with van der Waals surface area (Å²) in [5.74, 6) is 1.06. The summed E-state index contributed by atoms with van der Waals surface area (Å²) in [7, 11) is -2.83. The third kappa shape index (κ3) is 8.01. The number of amides is 1. The van der Waals surface area contributed by atoms with E-state index in [4.69, 9.17) is 18.9 Å². The normalized spacial score (nSPS) is 16.2. The van der Waals surface area contributed by atoms with Gasteiger partial charge in [-0.05, 0) is 84.1 Å². The number of halogens is 1. The zero-order valence-electron chi connectivity index (χ0n) is 32.2. The average Bonchev–Trinajstić information content (AvgIpc) is 3.79. The summed E-state index contributed by atoms with van der Waals surface area (Å²) in [6.07, 6.45) is 0.581. The second-order valence-electron chi connectivity index (χ2n) is 16.1. The van der Waals surface area contributed by atoms with Crippen molar-refractivity contribution in [3.05, 3.63) is 136 Å². The Morgan fingerprint density at radius 2 is 1.58 bits per heavy atom. The molecule has 55 heavy (non-hydrogen) atoms. The maximum absolute atomic E-state index is 14.4. The Morgan fingerprint density at radius 3 is 2.22 bits per heavy atom. The Bertz CT molecular complexity index is 2120. The zero-order chi connectivity index (χ0) is 39.0. The van der Waals surface area contributed by atoms with Gasteiger partial charge in [-0.3, -0.25) is 4.79 Å². The van der Waals surface area contributed by atoms with Crippen LogP contribution in [0.3, 0.4) is 0 Å². The lowest BCUT2D eigenvalue weighted by Crippen LogP contribution is -2.66. The molecule has 286 valence electrons. The van der Waals surface area contributed by atoms with Crippen LogP contribution in [0.5, 0.6) is 11.5 Å². The van der Waals surface area contributed by atoms with E-state index in [1.54, 1.807) is 0 Å². The summed E-state index contributed by atoms with van der Waals surface area (Å²) in [5, 5.41) is 5.29. The maximum atomic E-state index is 14.4.